The second kappa shape index (κ2) is 6.63. The van der Waals surface area contributed by atoms with Gasteiger partial charge in [0.25, 0.3) is 0 Å². The van der Waals surface area contributed by atoms with Crippen LogP contribution in [0.15, 0.2) is 30.3 Å². The lowest BCUT2D eigenvalue weighted by Crippen LogP contribution is -2.06. The lowest BCUT2D eigenvalue weighted by Gasteiger charge is -2.03. The van der Waals surface area contributed by atoms with Crippen molar-refractivity contribution >= 4 is 18.3 Å². The Labute approximate surface area is 101 Å². The summed E-state index contributed by atoms with van der Waals surface area (Å²) in [6.07, 6.45) is 3.83. The number of carbonyl (C=O) groups is 2. The van der Waals surface area contributed by atoms with Crippen LogP contribution in [-0.2, 0) is 9.53 Å². The molecule has 0 fully saturated rings. The van der Waals surface area contributed by atoms with Gasteiger partial charge in [0.05, 0.1) is 6.61 Å². The minimum absolute atomic E-state index is 0.333. The summed E-state index contributed by atoms with van der Waals surface area (Å²) in [6.45, 7) is 4.39. The largest absolute Gasteiger partial charge is 0.462 e. The van der Waals surface area contributed by atoms with Crippen molar-refractivity contribution in [1.29, 1.82) is 0 Å². The summed E-state index contributed by atoms with van der Waals surface area (Å²) in [7, 11) is 0. The van der Waals surface area contributed by atoms with Gasteiger partial charge < -0.3 is 4.74 Å². The molecule has 0 N–H and O–H groups in total. The number of hydrogen-bond donors (Lipinski definition) is 0. The normalized spacial score (nSPS) is 10.8. The van der Waals surface area contributed by atoms with Gasteiger partial charge in [-0.1, -0.05) is 38.1 Å². The minimum Gasteiger partial charge on any atom is -0.462 e. The summed E-state index contributed by atoms with van der Waals surface area (Å²) in [5.41, 5.74) is 1.47. The average Bonchev–Trinajstić information content (AvgIpc) is 2.34. The van der Waals surface area contributed by atoms with E-state index in [-0.39, 0.29) is 5.97 Å². The van der Waals surface area contributed by atoms with E-state index in [0.29, 0.717) is 18.1 Å². The average molecular weight is 232 g/mol. The number of carbonyl (C=O) groups excluding carboxylic acids is 2. The Kier molecular flexibility index (Phi) is 5.14. The quantitative estimate of drug-likeness (QED) is 0.445. The maximum Gasteiger partial charge on any atom is 0.330 e. The van der Waals surface area contributed by atoms with Gasteiger partial charge in [0, 0.05) is 11.6 Å². The number of esters is 1. The van der Waals surface area contributed by atoms with Gasteiger partial charge in [-0.3, -0.25) is 4.79 Å². The van der Waals surface area contributed by atoms with Crippen LogP contribution >= 0.6 is 0 Å². The molecule has 1 aromatic carbocycles. The third-order valence-electron chi connectivity index (χ3n) is 2.04. The summed E-state index contributed by atoms with van der Waals surface area (Å²) in [5, 5.41) is 0. The van der Waals surface area contributed by atoms with Gasteiger partial charge in [-0.05, 0) is 17.6 Å². The monoisotopic (exact) mass is 232 g/mol. The van der Waals surface area contributed by atoms with Crippen LogP contribution < -0.4 is 0 Å². The maximum absolute atomic E-state index is 11.3. The van der Waals surface area contributed by atoms with Gasteiger partial charge in [0.15, 0.2) is 0 Å². The molecule has 0 amide bonds. The fraction of sp³-hybridized carbons (Fsp3) is 0.286. The molecule has 0 saturated heterocycles. The first kappa shape index (κ1) is 13.2. The molecular formula is C14H16O3. The predicted molar refractivity (Wildman–Crippen MR) is 66.7 cm³/mol. The first-order chi connectivity index (χ1) is 8.11. The molecule has 0 heterocycles. The van der Waals surface area contributed by atoms with E-state index >= 15 is 0 Å². The molecule has 0 atom stereocenters. The molecule has 3 nitrogen and oxygen atoms in total. The van der Waals surface area contributed by atoms with Crippen molar-refractivity contribution in [3.8, 4) is 0 Å². The molecule has 0 aliphatic rings. The van der Waals surface area contributed by atoms with Gasteiger partial charge in [-0.25, -0.2) is 4.79 Å². The van der Waals surface area contributed by atoms with Gasteiger partial charge >= 0.3 is 5.97 Å². The molecule has 1 aromatic rings. The van der Waals surface area contributed by atoms with E-state index in [0.717, 1.165) is 11.8 Å². The zero-order chi connectivity index (χ0) is 12.7. The Morgan fingerprint density at radius 1 is 1.24 bits per heavy atom. The highest BCUT2D eigenvalue weighted by Gasteiger charge is 1.99. The van der Waals surface area contributed by atoms with Crippen LogP contribution in [0.1, 0.15) is 29.8 Å². The van der Waals surface area contributed by atoms with Crippen LogP contribution in [0.5, 0.6) is 0 Å². The van der Waals surface area contributed by atoms with Crippen LogP contribution in [0.4, 0.5) is 0 Å². The van der Waals surface area contributed by atoms with Crippen molar-refractivity contribution in [3.05, 3.63) is 41.5 Å². The van der Waals surface area contributed by atoms with Crippen molar-refractivity contribution in [2.45, 2.75) is 13.8 Å². The molecule has 0 spiro atoms. The zero-order valence-electron chi connectivity index (χ0n) is 10.1. The first-order valence-electron chi connectivity index (χ1n) is 5.52. The Balaban J connectivity index is 2.51. The highest BCUT2D eigenvalue weighted by Crippen LogP contribution is 2.05. The lowest BCUT2D eigenvalue weighted by atomic mass is 10.1. The van der Waals surface area contributed by atoms with Crippen LogP contribution in [-0.4, -0.2) is 18.9 Å². The van der Waals surface area contributed by atoms with E-state index < -0.39 is 0 Å². The molecular weight excluding hydrogens is 216 g/mol. The van der Waals surface area contributed by atoms with E-state index in [1.165, 1.54) is 6.08 Å². The highest BCUT2D eigenvalue weighted by molar-refractivity contribution is 5.87. The Morgan fingerprint density at radius 2 is 1.82 bits per heavy atom. The SMILES string of the molecule is CC(C)COC(=O)/C=C/c1ccc(C=O)cc1. The molecule has 1 rings (SSSR count). The zero-order valence-corrected chi connectivity index (χ0v) is 10.1. The minimum atomic E-state index is -0.349. The van der Waals surface area contributed by atoms with Gasteiger partial charge in [-0.2, -0.15) is 0 Å². The first-order valence-corrected chi connectivity index (χ1v) is 5.52. The molecule has 0 bridgehead atoms. The Bertz CT molecular complexity index is 402. The highest BCUT2D eigenvalue weighted by atomic mass is 16.5. The summed E-state index contributed by atoms with van der Waals surface area (Å²) in [4.78, 5) is 21.7. The van der Waals surface area contributed by atoms with Crippen LogP contribution in [0.3, 0.4) is 0 Å². The van der Waals surface area contributed by atoms with E-state index in [1.807, 2.05) is 13.8 Å². The second-order valence-electron chi connectivity index (χ2n) is 4.14. The maximum atomic E-state index is 11.3. The van der Waals surface area contributed by atoms with Crippen LogP contribution in [0, 0.1) is 5.92 Å². The molecule has 17 heavy (non-hydrogen) atoms. The Morgan fingerprint density at radius 3 is 2.35 bits per heavy atom. The Hall–Kier alpha value is -1.90. The fourth-order valence-corrected chi connectivity index (χ4v) is 1.15. The van der Waals surface area contributed by atoms with Crippen molar-refractivity contribution in [1.82, 2.24) is 0 Å². The third-order valence-corrected chi connectivity index (χ3v) is 2.04. The lowest BCUT2D eigenvalue weighted by molar-refractivity contribution is -0.138. The van der Waals surface area contributed by atoms with E-state index in [4.69, 9.17) is 4.74 Å². The third kappa shape index (κ3) is 5.11. The molecule has 0 unspecified atom stereocenters. The van der Waals surface area contributed by atoms with Crippen molar-refractivity contribution in [3.63, 3.8) is 0 Å². The number of aldehydes is 1. The molecule has 0 aromatic heterocycles. The van der Waals surface area contributed by atoms with E-state index in [2.05, 4.69) is 0 Å². The fourth-order valence-electron chi connectivity index (χ4n) is 1.15. The molecule has 0 aliphatic heterocycles. The summed E-state index contributed by atoms with van der Waals surface area (Å²) >= 11 is 0. The van der Waals surface area contributed by atoms with E-state index in [1.54, 1.807) is 30.3 Å². The van der Waals surface area contributed by atoms with Crippen LogP contribution in [0.25, 0.3) is 6.08 Å². The predicted octanol–water partition coefficient (Wildman–Crippen LogP) is 2.71. The van der Waals surface area contributed by atoms with Gasteiger partial charge in [0.2, 0.25) is 0 Å². The standard InChI is InChI=1S/C14H16O3/c1-11(2)10-17-14(16)8-7-12-3-5-13(9-15)6-4-12/h3-9,11H,10H2,1-2H3/b8-7+. The number of benzene rings is 1. The molecule has 0 aliphatic carbocycles. The second-order valence-corrected chi connectivity index (χ2v) is 4.14. The van der Waals surface area contributed by atoms with E-state index in [9.17, 15) is 9.59 Å². The smallest absolute Gasteiger partial charge is 0.330 e. The summed E-state index contributed by atoms with van der Waals surface area (Å²) < 4.78 is 4.99. The topological polar surface area (TPSA) is 43.4 Å². The van der Waals surface area contributed by atoms with Crippen LogP contribution in [0.2, 0.25) is 0 Å². The molecule has 0 radical (unpaired) electrons. The summed E-state index contributed by atoms with van der Waals surface area (Å²) in [6, 6.07) is 6.95. The van der Waals surface area contributed by atoms with Crippen molar-refractivity contribution in [2.75, 3.05) is 6.61 Å². The molecule has 90 valence electrons. The number of ether oxygens (including phenoxy) is 1. The van der Waals surface area contributed by atoms with Crippen molar-refractivity contribution < 1.29 is 14.3 Å². The van der Waals surface area contributed by atoms with Crippen molar-refractivity contribution in [2.24, 2.45) is 5.92 Å². The number of hydrogen-bond acceptors (Lipinski definition) is 3. The molecule has 0 saturated carbocycles. The molecule has 3 heteroatoms. The van der Waals surface area contributed by atoms with Gasteiger partial charge in [-0.15, -0.1) is 0 Å². The number of rotatable bonds is 5. The summed E-state index contributed by atoms with van der Waals surface area (Å²) in [5.74, 6) is -0.0163. The van der Waals surface area contributed by atoms with Gasteiger partial charge in [0.1, 0.15) is 6.29 Å².